The molecule has 3 rings (SSSR count). The lowest BCUT2D eigenvalue weighted by Crippen LogP contribution is -2.35. The Bertz CT molecular complexity index is 999. The second-order valence-corrected chi connectivity index (χ2v) is 6.75. The van der Waals surface area contributed by atoms with E-state index in [1.165, 1.54) is 42.0 Å². The van der Waals surface area contributed by atoms with E-state index in [1.807, 2.05) is 6.26 Å². The summed E-state index contributed by atoms with van der Waals surface area (Å²) in [6.45, 7) is 1.52. The van der Waals surface area contributed by atoms with Crippen LogP contribution in [0.15, 0.2) is 46.2 Å². The number of hydrogen-bond acceptors (Lipinski definition) is 6. The molecule has 0 saturated heterocycles. The van der Waals surface area contributed by atoms with Gasteiger partial charge in [0.2, 0.25) is 5.91 Å². The highest BCUT2D eigenvalue weighted by Gasteiger charge is 2.22. The molecule has 10 heteroatoms. The van der Waals surface area contributed by atoms with Crippen molar-refractivity contribution >= 4 is 29.4 Å². The van der Waals surface area contributed by atoms with E-state index in [0.29, 0.717) is 16.6 Å². The molecule has 3 aromatic rings. The minimum atomic E-state index is -0.415. The predicted octanol–water partition coefficient (Wildman–Crippen LogP) is 2.74. The van der Waals surface area contributed by atoms with Gasteiger partial charge in [0.1, 0.15) is 17.3 Å². The number of aryl methyl sites for hydroxylation is 1. The van der Waals surface area contributed by atoms with E-state index in [-0.39, 0.29) is 23.9 Å². The molecule has 1 N–H and O–H groups in total. The van der Waals surface area contributed by atoms with E-state index in [9.17, 15) is 14.0 Å². The lowest BCUT2D eigenvalue weighted by Gasteiger charge is -2.18. The maximum absolute atomic E-state index is 13.3. The summed E-state index contributed by atoms with van der Waals surface area (Å²) >= 11 is 1.35. The zero-order valence-electron chi connectivity index (χ0n) is 15.5. The molecule has 0 aliphatic carbocycles. The molecule has 2 heterocycles. The largest absolute Gasteiger partial charge is 0.360 e. The van der Waals surface area contributed by atoms with Crippen molar-refractivity contribution in [2.75, 3.05) is 25.2 Å². The third-order valence-electron chi connectivity index (χ3n) is 3.84. The Kier molecular flexibility index (Phi) is 5.78. The second-order valence-electron chi connectivity index (χ2n) is 5.97. The molecule has 0 spiro atoms. The summed E-state index contributed by atoms with van der Waals surface area (Å²) in [6, 6.07) is 7.32. The number of rotatable bonds is 6. The number of nitrogens with zero attached hydrogens (tertiary/aromatic N) is 4. The first kappa shape index (κ1) is 19.6. The molecule has 0 fully saturated rings. The molecule has 0 aliphatic heterocycles. The number of imidazole rings is 1. The summed E-state index contributed by atoms with van der Waals surface area (Å²) in [5, 5.41) is 6.82. The number of aromatic nitrogens is 3. The highest BCUT2D eigenvalue weighted by atomic mass is 32.2. The Morgan fingerprint density at radius 2 is 2.04 bits per heavy atom. The fourth-order valence-electron chi connectivity index (χ4n) is 2.56. The van der Waals surface area contributed by atoms with E-state index < -0.39 is 11.8 Å². The number of benzene rings is 1. The molecule has 2 aromatic heterocycles. The number of thioether (sulfide) groups is 1. The number of carbonyl (C=O) groups excluding carboxylic acids is 2. The van der Waals surface area contributed by atoms with Gasteiger partial charge < -0.3 is 14.7 Å². The van der Waals surface area contributed by atoms with E-state index in [2.05, 4.69) is 15.5 Å². The van der Waals surface area contributed by atoms with Gasteiger partial charge in [0.15, 0.2) is 11.0 Å². The smallest absolute Gasteiger partial charge is 0.272 e. The Morgan fingerprint density at radius 1 is 1.32 bits per heavy atom. The molecular weight excluding hydrogens is 385 g/mol. The maximum Gasteiger partial charge on any atom is 0.272 e. The molecule has 0 radical (unpaired) electrons. The Labute approximate surface area is 164 Å². The van der Waals surface area contributed by atoms with Crippen molar-refractivity contribution in [3.63, 3.8) is 0 Å². The zero-order valence-corrected chi connectivity index (χ0v) is 16.3. The first-order chi connectivity index (χ1) is 13.4. The second kappa shape index (κ2) is 8.26. The fraction of sp³-hybridized carbons (Fsp3) is 0.222. The summed E-state index contributed by atoms with van der Waals surface area (Å²) in [5.74, 6) is -0.345. The molecule has 0 atom stereocenters. The predicted molar refractivity (Wildman–Crippen MR) is 102 cm³/mol. The van der Waals surface area contributed by atoms with Crippen LogP contribution >= 0.6 is 11.8 Å². The third-order valence-corrected chi connectivity index (χ3v) is 4.49. The van der Waals surface area contributed by atoms with Crippen LogP contribution in [0.2, 0.25) is 0 Å². The Balaban J connectivity index is 1.78. The van der Waals surface area contributed by atoms with Crippen LogP contribution in [0.25, 0.3) is 5.69 Å². The van der Waals surface area contributed by atoms with E-state index in [4.69, 9.17) is 4.52 Å². The first-order valence-corrected chi connectivity index (χ1v) is 9.48. The minimum absolute atomic E-state index is 0.187. The van der Waals surface area contributed by atoms with E-state index in [1.54, 1.807) is 29.7 Å². The molecule has 28 heavy (non-hydrogen) atoms. The van der Waals surface area contributed by atoms with Crippen LogP contribution < -0.4 is 5.32 Å². The summed E-state index contributed by atoms with van der Waals surface area (Å²) in [5.41, 5.74) is 0.867. The standard InChI is InChI=1S/C18H18FN5O3S/c1-11-8-15(22-27-11)21-16(25)10-23(2)17(26)14-9-20-18(28-3)24(14)13-6-4-12(19)5-7-13/h4-9H,10H2,1-3H3,(H,21,22,25). The normalized spacial score (nSPS) is 10.7. The molecule has 0 unspecified atom stereocenters. The van der Waals surface area contributed by atoms with Crippen LogP contribution in [0.3, 0.4) is 0 Å². The zero-order chi connectivity index (χ0) is 20.3. The Hall–Kier alpha value is -3.14. The average molecular weight is 403 g/mol. The van der Waals surface area contributed by atoms with Crippen molar-refractivity contribution in [3.8, 4) is 5.69 Å². The molecule has 0 bridgehead atoms. The van der Waals surface area contributed by atoms with Gasteiger partial charge in [-0.2, -0.15) is 0 Å². The van der Waals surface area contributed by atoms with E-state index >= 15 is 0 Å². The van der Waals surface area contributed by atoms with Gasteiger partial charge in [-0.1, -0.05) is 16.9 Å². The van der Waals surface area contributed by atoms with Gasteiger partial charge in [-0.3, -0.25) is 14.2 Å². The third kappa shape index (κ3) is 4.22. The molecule has 1 aromatic carbocycles. The van der Waals surface area contributed by atoms with Crippen molar-refractivity contribution < 1.29 is 18.5 Å². The van der Waals surface area contributed by atoms with Gasteiger partial charge in [0.25, 0.3) is 5.91 Å². The van der Waals surface area contributed by atoms with Crippen LogP contribution in [0.1, 0.15) is 16.2 Å². The lowest BCUT2D eigenvalue weighted by atomic mass is 10.3. The van der Waals surface area contributed by atoms with Gasteiger partial charge in [0.05, 0.1) is 12.7 Å². The highest BCUT2D eigenvalue weighted by Crippen LogP contribution is 2.23. The van der Waals surface area contributed by atoms with Crippen molar-refractivity contribution in [1.82, 2.24) is 19.6 Å². The number of nitrogens with one attached hydrogen (secondary N) is 1. The minimum Gasteiger partial charge on any atom is -0.360 e. The number of anilines is 1. The number of likely N-dealkylation sites (N-methyl/N-ethyl adjacent to an activating group) is 1. The summed E-state index contributed by atoms with van der Waals surface area (Å²) in [6.07, 6.45) is 3.26. The van der Waals surface area contributed by atoms with Gasteiger partial charge in [-0.05, 0) is 37.4 Å². The first-order valence-electron chi connectivity index (χ1n) is 8.25. The lowest BCUT2D eigenvalue weighted by molar-refractivity contribution is -0.116. The number of halogens is 1. The highest BCUT2D eigenvalue weighted by molar-refractivity contribution is 7.98. The van der Waals surface area contributed by atoms with Crippen LogP contribution in [-0.2, 0) is 4.79 Å². The molecule has 8 nitrogen and oxygen atoms in total. The molecule has 0 saturated carbocycles. The maximum atomic E-state index is 13.3. The van der Waals surface area contributed by atoms with Gasteiger partial charge in [-0.15, -0.1) is 0 Å². The Morgan fingerprint density at radius 3 is 2.64 bits per heavy atom. The molecular formula is C18H18FN5O3S. The van der Waals surface area contributed by atoms with Crippen molar-refractivity contribution in [1.29, 1.82) is 0 Å². The van der Waals surface area contributed by atoms with Crippen molar-refractivity contribution in [2.24, 2.45) is 0 Å². The number of hydrogen-bond donors (Lipinski definition) is 1. The molecule has 0 aliphatic rings. The topological polar surface area (TPSA) is 93.3 Å². The number of carbonyl (C=O) groups is 2. The number of amides is 2. The SMILES string of the molecule is CSc1ncc(C(=O)N(C)CC(=O)Nc2cc(C)on2)n1-c1ccc(F)cc1. The van der Waals surface area contributed by atoms with Crippen LogP contribution in [-0.4, -0.2) is 51.3 Å². The molecule has 146 valence electrons. The summed E-state index contributed by atoms with van der Waals surface area (Å²) in [7, 11) is 1.51. The molecule has 2 amide bonds. The van der Waals surface area contributed by atoms with Gasteiger partial charge >= 0.3 is 0 Å². The quantitative estimate of drug-likeness (QED) is 0.636. The fourth-order valence-corrected chi connectivity index (χ4v) is 3.10. The summed E-state index contributed by atoms with van der Waals surface area (Å²) in [4.78, 5) is 30.6. The average Bonchev–Trinajstić information content (AvgIpc) is 3.27. The van der Waals surface area contributed by atoms with Crippen LogP contribution in [0.5, 0.6) is 0 Å². The van der Waals surface area contributed by atoms with Crippen molar-refractivity contribution in [2.45, 2.75) is 12.1 Å². The summed E-state index contributed by atoms with van der Waals surface area (Å²) < 4.78 is 19.8. The van der Waals surface area contributed by atoms with Gasteiger partial charge in [-0.25, -0.2) is 9.37 Å². The van der Waals surface area contributed by atoms with Gasteiger partial charge in [0, 0.05) is 18.8 Å². The van der Waals surface area contributed by atoms with Crippen LogP contribution in [0.4, 0.5) is 10.2 Å². The van der Waals surface area contributed by atoms with E-state index in [0.717, 1.165) is 0 Å². The van der Waals surface area contributed by atoms with Crippen LogP contribution in [0, 0.1) is 12.7 Å². The monoisotopic (exact) mass is 403 g/mol. The van der Waals surface area contributed by atoms with Crippen molar-refractivity contribution in [3.05, 3.63) is 53.8 Å².